The fourth-order valence-corrected chi connectivity index (χ4v) is 2.42. The summed E-state index contributed by atoms with van der Waals surface area (Å²) in [5, 5.41) is 3.40. The molecule has 0 aromatic heterocycles. The van der Waals surface area contributed by atoms with Crippen LogP contribution in [0.1, 0.15) is 24.1 Å². The normalized spacial score (nSPS) is 12.4. The van der Waals surface area contributed by atoms with Gasteiger partial charge in [-0.2, -0.15) is 0 Å². The SMILES string of the molecule is C[C@@H](NCc1cccc(I)c1)c1cccc(F)c1. The molecule has 0 saturated carbocycles. The zero-order chi connectivity index (χ0) is 13.0. The van der Waals surface area contributed by atoms with Gasteiger partial charge in [0.25, 0.3) is 0 Å². The van der Waals surface area contributed by atoms with Crippen LogP contribution in [0.4, 0.5) is 4.39 Å². The third kappa shape index (κ3) is 3.78. The summed E-state index contributed by atoms with van der Waals surface area (Å²) in [7, 11) is 0. The Labute approximate surface area is 121 Å². The van der Waals surface area contributed by atoms with Crippen LogP contribution in [0.3, 0.4) is 0 Å². The average molecular weight is 355 g/mol. The van der Waals surface area contributed by atoms with Gasteiger partial charge in [0.2, 0.25) is 0 Å². The van der Waals surface area contributed by atoms with Crippen molar-refractivity contribution in [1.82, 2.24) is 5.32 Å². The van der Waals surface area contributed by atoms with Crippen LogP contribution < -0.4 is 5.32 Å². The van der Waals surface area contributed by atoms with E-state index in [2.05, 4.69) is 46.1 Å². The van der Waals surface area contributed by atoms with Gasteiger partial charge in [0.1, 0.15) is 5.82 Å². The summed E-state index contributed by atoms with van der Waals surface area (Å²) in [5.41, 5.74) is 2.21. The summed E-state index contributed by atoms with van der Waals surface area (Å²) in [6, 6.07) is 15.2. The summed E-state index contributed by atoms with van der Waals surface area (Å²) in [6.07, 6.45) is 0. The largest absolute Gasteiger partial charge is 0.306 e. The van der Waals surface area contributed by atoms with E-state index in [1.54, 1.807) is 12.1 Å². The van der Waals surface area contributed by atoms with Gasteiger partial charge in [-0.3, -0.25) is 0 Å². The molecular weight excluding hydrogens is 340 g/mol. The maximum absolute atomic E-state index is 13.1. The maximum atomic E-state index is 13.1. The molecule has 2 aromatic carbocycles. The van der Waals surface area contributed by atoms with Crippen LogP contribution in [-0.2, 0) is 6.54 Å². The van der Waals surface area contributed by atoms with Crippen molar-refractivity contribution < 1.29 is 4.39 Å². The molecule has 0 unspecified atom stereocenters. The van der Waals surface area contributed by atoms with Crippen LogP contribution in [0.25, 0.3) is 0 Å². The zero-order valence-corrected chi connectivity index (χ0v) is 12.3. The molecule has 0 amide bonds. The number of hydrogen-bond donors (Lipinski definition) is 1. The van der Waals surface area contributed by atoms with Crippen molar-refractivity contribution in [2.24, 2.45) is 0 Å². The van der Waals surface area contributed by atoms with E-state index in [1.165, 1.54) is 15.2 Å². The smallest absolute Gasteiger partial charge is 0.123 e. The summed E-state index contributed by atoms with van der Waals surface area (Å²) in [5.74, 6) is -0.185. The van der Waals surface area contributed by atoms with Gasteiger partial charge in [0.15, 0.2) is 0 Å². The van der Waals surface area contributed by atoms with Gasteiger partial charge in [-0.25, -0.2) is 4.39 Å². The molecule has 0 aliphatic heterocycles. The van der Waals surface area contributed by atoms with Gasteiger partial charge in [0, 0.05) is 16.2 Å². The van der Waals surface area contributed by atoms with E-state index < -0.39 is 0 Å². The van der Waals surface area contributed by atoms with Crippen LogP contribution in [0, 0.1) is 9.39 Å². The Morgan fingerprint density at radius 1 is 1.17 bits per heavy atom. The Balaban J connectivity index is 1.98. The predicted octanol–water partition coefficient (Wildman–Crippen LogP) is 4.28. The molecule has 0 aliphatic carbocycles. The van der Waals surface area contributed by atoms with Gasteiger partial charge in [-0.15, -0.1) is 0 Å². The molecule has 1 nitrogen and oxygen atoms in total. The monoisotopic (exact) mass is 355 g/mol. The van der Waals surface area contributed by atoms with E-state index in [0.29, 0.717) is 0 Å². The van der Waals surface area contributed by atoms with E-state index in [-0.39, 0.29) is 11.9 Å². The average Bonchev–Trinajstić information content (AvgIpc) is 2.36. The molecule has 0 spiro atoms. The Morgan fingerprint density at radius 2 is 1.94 bits per heavy atom. The lowest BCUT2D eigenvalue weighted by Crippen LogP contribution is -2.18. The van der Waals surface area contributed by atoms with E-state index >= 15 is 0 Å². The molecular formula is C15H15FIN. The molecule has 0 saturated heterocycles. The maximum Gasteiger partial charge on any atom is 0.123 e. The molecule has 3 heteroatoms. The van der Waals surface area contributed by atoms with E-state index in [4.69, 9.17) is 0 Å². The lowest BCUT2D eigenvalue weighted by Gasteiger charge is -2.14. The first-order valence-electron chi connectivity index (χ1n) is 5.88. The molecule has 0 fully saturated rings. The van der Waals surface area contributed by atoms with Gasteiger partial charge in [-0.1, -0.05) is 24.3 Å². The third-order valence-corrected chi connectivity index (χ3v) is 3.52. The highest BCUT2D eigenvalue weighted by molar-refractivity contribution is 14.1. The van der Waals surface area contributed by atoms with Gasteiger partial charge >= 0.3 is 0 Å². The van der Waals surface area contributed by atoms with Gasteiger partial charge in [-0.05, 0) is 64.9 Å². The van der Waals surface area contributed by atoms with Crippen LogP contribution in [0.15, 0.2) is 48.5 Å². The van der Waals surface area contributed by atoms with Crippen molar-refractivity contribution in [2.45, 2.75) is 19.5 Å². The van der Waals surface area contributed by atoms with Crippen LogP contribution in [0.5, 0.6) is 0 Å². The molecule has 0 aliphatic rings. The number of rotatable bonds is 4. The van der Waals surface area contributed by atoms with E-state index in [9.17, 15) is 4.39 Å². The van der Waals surface area contributed by atoms with Crippen molar-refractivity contribution >= 4 is 22.6 Å². The third-order valence-electron chi connectivity index (χ3n) is 2.85. The van der Waals surface area contributed by atoms with Crippen LogP contribution >= 0.6 is 22.6 Å². The summed E-state index contributed by atoms with van der Waals surface area (Å²) >= 11 is 2.30. The predicted molar refractivity (Wildman–Crippen MR) is 80.8 cm³/mol. The molecule has 0 radical (unpaired) electrons. The lowest BCUT2D eigenvalue weighted by molar-refractivity contribution is 0.565. The van der Waals surface area contributed by atoms with Gasteiger partial charge in [0.05, 0.1) is 0 Å². The molecule has 2 aromatic rings. The summed E-state index contributed by atoms with van der Waals surface area (Å²) < 4.78 is 14.3. The van der Waals surface area contributed by atoms with E-state index in [0.717, 1.165) is 12.1 Å². The quantitative estimate of drug-likeness (QED) is 0.808. The second-order valence-corrected chi connectivity index (χ2v) is 5.53. The molecule has 2 rings (SSSR count). The molecule has 1 atom stereocenters. The highest BCUT2D eigenvalue weighted by Crippen LogP contribution is 2.15. The molecule has 0 bridgehead atoms. The topological polar surface area (TPSA) is 12.0 Å². The van der Waals surface area contributed by atoms with Gasteiger partial charge < -0.3 is 5.32 Å². The molecule has 18 heavy (non-hydrogen) atoms. The minimum absolute atomic E-state index is 0.138. The Hall–Kier alpha value is -0.940. The zero-order valence-electron chi connectivity index (χ0n) is 10.2. The minimum Gasteiger partial charge on any atom is -0.306 e. The number of nitrogens with one attached hydrogen (secondary N) is 1. The second kappa shape index (κ2) is 6.29. The highest BCUT2D eigenvalue weighted by atomic mass is 127. The summed E-state index contributed by atoms with van der Waals surface area (Å²) in [6.45, 7) is 2.83. The Kier molecular flexibility index (Phi) is 4.72. The first-order chi connectivity index (χ1) is 8.65. The molecule has 94 valence electrons. The highest BCUT2D eigenvalue weighted by Gasteiger charge is 2.05. The summed E-state index contributed by atoms with van der Waals surface area (Å²) in [4.78, 5) is 0. The molecule has 1 N–H and O–H groups in total. The van der Waals surface area contributed by atoms with Crippen molar-refractivity contribution in [3.63, 3.8) is 0 Å². The van der Waals surface area contributed by atoms with Crippen LogP contribution in [-0.4, -0.2) is 0 Å². The van der Waals surface area contributed by atoms with Crippen molar-refractivity contribution in [1.29, 1.82) is 0 Å². The molecule has 0 heterocycles. The number of benzene rings is 2. The standard InChI is InChI=1S/C15H15FIN/c1-11(13-5-3-6-14(16)9-13)18-10-12-4-2-7-15(17)8-12/h2-9,11,18H,10H2,1H3/t11-/m1/s1. The fraction of sp³-hybridized carbons (Fsp3) is 0.200. The Bertz CT molecular complexity index is 527. The first kappa shape index (κ1) is 13.5. The van der Waals surface area contributed by atoms with E-state index in [1.807, 2.05) is 19.1 Å². The second-order valence-electron chi connectivity index (χ2n) is 4.29. The Morgan fingerprint density at radius 3 is 2.67 bits per heavy atom. The van der Waals surface area contributed by atoms with Crippen molar-refractivity contribution in [2.75, 3.05) is 0 Å². The first-order valence-corrected chi connectivity index (χ1v) is 6.96. The number of hydrogen-bond acceptors (Lipinski definition) is 1. The van der Waals surface area contributed by atoms with Crippen LogP contribution in [0.2, 0.25) is 0 Å². The van der Waals surface area contributed by atoms with Crippen molar-refractivity contribution in [3.05, 3.63) is 69.0 Å². The lowest BCUT2D eigenvalue weighted by atomic mass is 10.1. The fourth-order valence-electron chi connectivity index (χ4n) is 1.81. The minimum atomic E-state index is -0.185. The van der Waals surface area contributed by atoms with Crippen molar-refractivity contribution in [3.8, 4) is 0 Å². The number of halogens is 2.